The van der Waals surface area contributed by atoms with E-state index in [0.29, 0.717) is 26.4 Å². The zero-order valence-electron chi connectivity index (χ0n) is 13.5. The molecule has 1 heterocycles. The van der Waals surface area contributed by atoms with Gasteiger partial charge in [0.05, 0.1) is 21.3 Å². The largest absolute Gasteiger partial charge is 0.484 e. The van der Waals surface area contributed by atoms with Gasteiger partial charge >= 0.3 is 11.8 Å². The van der Waals surface area contributed by atoms with Crippen LogP contribution in [0, 0.1) is 0 Å². The summed E-state index contributed by atoms with van der Waals surface area (Å²) < 4.78 is 10.4. The molecule has 0 aliphatic carbocycles. The summed E-state index contributed by atoms with van der Waals surface area (Å²) in [4.78, 5) is 15.9. The lowest BCUT2D eigenvalue weighted by molar-refractivity contribution is 0.0911. The molecule has 0 saturated carbocycles. The van der Waals surface area contributed by atoms with Crippen LogP contribution in [0.2, 0.25) is 15.1 Å². The van der Waals surface area contributed by atoms with E-state index in [-0.39, 0.29) is 18.3 Å². The van der Waals surface area contributed by atoms with Crippen LogP contribution in [-0.4, -0.2) is 22.3 Å². The first-order valence-electron chi connectivity index (χ1n) is 7.52. The number of hydrogen-bond acceptors (Lipinski definition) is 6. The maximum atomic E-state index is 12.0. The summed E-state index contributed by atoms with van der Waals surface area (Å²) in [5, 5.41) is 8.70. The van der Waals surface area contributed by atoms with Gasteiger partial charge in [0.25, 0.3) is 0 Å². The summed E-state index contributed by atoms with van der Waals surface area (Å²) in [6.45, 7) is -0.0149. The van der Waals surface area contributed by atoms with Crippen LogP contribution in [0.1, 0.15) is 22.1 Å². The molecule has 3 rings (SSSR count). The second kappa shape index (κ2) is 8.85. The Morgan fingerprint density at radius 3 is 2.56 bits per heavy atom. The van der Waals surface area contributed by atoms with Gasteiger partial charge in [0.1, 0.15) is 5.75 Å². The Balaban J connectivity index is 1.58. The molecule has 3 aromatic rings. The van der Waals surface area contributed by atoms with Crippen molar-refractivity contribution in [3.63, 3.8) is 0 Å². The van der Waals surface area contributed by atoms with Crippen LogP contribution in [0.4, 0.5) is 0 Å². The van der Waals surface area contributed by atoms with Gasteiger partial charge in [0.15, 0.2) is 6.61 Å². The van der Waals surface area contributed by atoms with E-state index >= 15 is 0 Å². The Kier molecular flexibility index (Phi) is 6.28. The van der Waals surface area contributed by atoms with Crippen LogP contribution in [-0.2, 0) is 6.61 Å². The van der Waals surface area contributed by atoms with E-state index < -0.39 is 5.91 Å². The van der Waals surface area contributed by atoms with Crippen LogP contribution in [0.3, 0.4) is 0 Å². The Morgan fingerprint density at radius 1 is 1.11 bits per heavy atom. The summed E-state index contributed by atoms with van der Waals surface area (Å²) in [6.07, 6.45) is 1.32. The molecule has 0 aliphatic heterocycles. The number of rotatable bonds is 6. The number of carbonyl (C=O) groups excluding carboxylic acids is 1. The third-order valence-corrected chi connectivity index (χ3v) is 4.19. The monoisotopic (exact) mass is 424 g/mol. The molecule has 0 bridgehead atoms. The van der Waals surface area contributed by atoms with Crippen molar-refractivity contribution < 1.29 is 14.1 Å². The highest BCUT2D eigenvalue weighted by Gasteiger charge is 2.15. The molecular formula is C17H11Cl3N4O3. The quantitative estimate of drug-likeness (QED) is 0.468. The van der Waals surface area contributed by atoms with Gasteiger partial charge in [-0.05, 0) is 24.3 Å². The van der Waals surface area contributed by atoms with Gasteiger partial charge in [-0.3, -0.25) is 4.79 Å². The molecule has 0 saturated heterocycles. The highest BCUT2D eigenvalue weighted by atomic mass is 35.5. The van der Waals surface area contributed by atoms with Gasteiger partial charge in [0.2, 0.25) is 5.82 Å². The average Bonchev–Trinajstić information content (AvgIpc) is 3.12. The summed E-state index contributed by atoms with van der Waals surface area (Å²) >= 11 is 18.0. The van der Waals surface area contributed by atoms with Crippen molar-refractivity contribution in [2.75, 3.05) is 0 Å². The van der Waals surface area contributed by atoms with E-state index in [1.165, 1.54) is 6.21 Å². The highest BCUT2D eigenvalue weighted by molar-refractivity contribution is 6.38. The molecule has 0 unspecified atom stereocenters. The summed E-state index contributed by atoms with van der Waals surface area (Å²) in [6, 6.07) is 12.0. The Labute approximate surface area is 168 Å². The van der Waals surface area contributed by atoms with Crippen molar-refractivity contribution in [3.8, 4) is 5.75 Å². The molecule has 10 heteroatoms. The number of nitrogens with zero attached hydrogens (tertiary/aromatic N) is 3. The molecule has 27 heavy (non-hydrogen) atoms. The van der Waals surface area contributed by atoms with Gasteiger partial charge in [0, 0.05) is 5.56 Å². The highest BCUT2D eigenvalue weighted by Crippen LogP contribution is 2.24. The maximum Gasteiger partial charge on any atom is 0.329 e. The van der Waals surface area contributed by atoms with Gasteiger partial charge in [-0.2, -0.15) is 10.1 Å². The molecule has 0 aliphatic rings. The fourth-order valence-corrected chi connectivity index (χ4v) is 2.63. The number of benzene rings is 2. The van der Waals surface area contributed by atoms with E-state index in [2.05, 4.69) is 20.7 Å². The topological polar surface area (TPSA) is 89.6 Å². The number of halogens is 3. The lowest BCUT2D eigenvalue weighted by Crippen LogP contribution is -2.18. The number of para-hydroxylation sites is 1. The maximum absolute atomic E-state index is 12.0. The molecule has 7 nitrogen and oxygen atoms in total. The van der Waals surface area contributed by atoms with E-state index in [4.69, 9.17) is 44.1 Å². The number of nitrogens with one attached hydrogen (secondary N) is 1. The van der Waals surface area contributed by atoms with Crippen LogP contribution < -0.4 is 10.2 Å². The molecule has 2 aromatic carbocycles. The van der Waals surface area contributed by atoms with Gasteiger partial charge < -0.3 is 9.26 Å². The molecule has 0 fully saturated rings. The van der Waals surface area contributed by atoms with Crippen LogP contribution in [0.25, 0.3) is 0 Å². The fourth-order valence-electron chi connectivity index (χ4n) is 1.95. The first kappa shape index (κ1) is 19.2. The van der Waals surface area contributed by atoms with Gasteiger partial charge in [-0.1, -0.05) is 58.2 Å². The second-order valence-corrected chi connectivity index (χ2v) is 6.29. The number of amides is 1. The number of carbonyl (C=O) groups is 1. The van der Waals surface area contributed by atoms with Crippen LogP contribution in [0.15, 0.2) is 52.1 Å². The van der Waals surface area contributed by atoms with Crippen LogP contribution in [0.5, 0.6) is 5.75 Å². The summed E-state index contributed by atoms with van der Waals surface area (Å²) in [5.41, 5.74) is 2.73. The Bertz CT molecular complexity index is 971. The van der Waals surface area contributed by atoms with Crippen molar-refractivity contribution in [2.24, 2.45) is 5.10 Å². The van der Waals surface area contributed by atoms with Crippen molar-refractivity contribution in [3.05, 3.63) is 74.8 Å². The van der Waals surface area contributed by atoms with E-state index in [1.807, 2.05) is 0 Å². The Morgan fingerprint density at radius 2 is 1.81 bits per heavy atom. The minimum Gasteiger partial charge on any atom is -0.484 e. The molecular weight excluding hydrogens is 415 g/mol. The number of aromatic nitrogens is 2. The number of ether oxygens (including phenoxy) is 1. The zero-order valence-corrected chi connectivity index (χ0v) is 15.8. The predicted molar refractivity (Wildman–Crippen MR) is 102 cm³/mol. The standard InChI is InChI=1S/C17H11Cl3N4O3/c18-11-5-3-6-12(19)10(11)8-21-23-16(25)17-22-15(24-27-17)9-26-14-7-2-1-4-13(14)20/h1-8H,9H2,(H,23,25)/b21-8+. The zero-order chi connectivity index (χ0) is 19.2. The van der Waals surface area contributed by atoms with Crippen molar-refractivity contribution in [1.29, 1.82) is 0 Å². The molecule has 138 valence electrons. The number of hydrogen-bond donors (Lipinski definition) is 1. The molecule has 0 atom stereocenters. The second-order valence-electron chi connectivity index (χ2n) is 5.07. The molecule has 0 spiro atoms. The van der Waals surface area contributed by atoms with Crippen molar-refractivity contribution in [2.45, 2.75) is 6.61 Å². The molecule has 1 N–H and O–H groups in total. The van der Waals surface area contributed by atoms with Crippen molar-refractivity contribution in [1.82, 2.24) is 15.6 Å². The minimum absolute atomic E-state index is 0.0149. The van der Waals surface area contributed by atoms with E-state index in [9.17, 15) is 4.79 Å². The van der Waals surface area contributed by atoms with E-state index in [1.54, 1.807) is 42.5 Å². The van der Waals surface area contributed by atoms with Crippen molar-refractivity contribution >= 4 is 46.9 Å². The lowest BCUT2D eigenvalue weighted by Gasteiger charge is -2.04. The molecule has 1 amide bonds. The normalized spacial score (nSPS) is 10.9. The van der Waals surface area contributed by atoms with Gasteiger partial charge in [-0.25, -0.2) is 5.43 Å². The average molecular weight is 426 g/mol. The summed E-state index contributed by atoms with van der Waals surface area (Å²) in [7, 11) is 0. The van der Waals surface area contributed by atoms with Gasteiger partial charge in [-0.15, -0.1) is 0 Å². The lowest BCUT2D eigenvalue weighted by atomic mass is 10.2. The fraction of sp³-hybridized carbons (Fsp3) is 0.0588. The smallest absolute Gasteiger partial charge is 0.329 e. The summed E-state index contributed by atoms with van der Waals surface area (Å²) in [5.74, 6) is -0.310. The van der Waals surface area contributed by atoms with E-state index in [0.717, 1.165) is 0 Å². The SMILES string of the molecule is O=C(N/N=C/c1c(Cl)cccc1Cl)c1nc(COc2ccccc2Cl)no1. The third kappa shape index (κ3) is 4.97. The van der Waals surface area contributed by atoms with Crippen LogP contribution >= 0.6 is 34.8 Å². The number of hydrazone groups is 1. The first-order valence-corrected chi connectivity index (χ1v) is 8.65. The third-order valence-electron chi connectivity index (χ3n) is 3.22. The first-order chi connectivity index (χ1) is 13.0. The minimum atomic E-state index is -0.689. The predicted octanol–water partition coefficient (Wildman–Crippen LogP) is 4.37. The molecule has 0 radical (unpaired) electrons. The Hall–Kier alpha value is -2.61. The molecule has 1 aromatic heterocycles.